The molecule has 0 aromatic carbocycles. The number of amides is 4. The van der Waals surface area contributed by atoms with Crippen molar-refractivity contribution in [3.63, 3.8) is 0 Å². The number of hydrogen-bond donors (Lipinski definition) is 2. The summed E-state index contributed by atoms with van der Waals surface area (Å²) in [6, 6.07) is -0.191. The van der Waals surface area contributed by atoms with Crippen LogP contribution >= 0.6 is 0 Å². The SMILES string of the molecule is CC(C)C(=O)N1CCN(CC(=O)NC(=O)NC2CCCC2)CC1. The molecule has 2 fully saturated rings. The smallest absolute Gasteiger partial charge is 0.321 e. The molecule has 0 atom stereocenters. The normalized spacial score (nSPS) is 19.9. The maximum absolute atomic E-state index is 11.9. The molecule has 0 radical (unpaired) electrons. The Hall–Kier alpha value is -1.63. The highest BCUT2D eigenvalue weighted by molar-refractivity contribution is 5.95. The molecule has 1 aliphatic heterocycles. The molecule has 7 nitrogen and oxygen atoms in total. The lowest BCUT2D eigenvalue weighted by Gasteiger charge is -2.35. The number of nitrogens with zero attached hydrogens (tertiary/aromatic N) is 2. The summed E-state index contributed by atoms with van der Waals surface area (Å²) in [7, 11) is 0. The molecule has 4 amide bonds. The number of imide groups is 1. The van der Waals surface area contributed by atoms with Crippen molar-refractivity contribution in [2.75, 3.05) is 32.7 Å². The first-order valence-electron chi connectivity index (χ1n) is 8.57. The van der Waals surface area contributed by atoms with Crippen molar-refractivity contribution in [3.05, 3.63) is 0 Å². The zero-order valence-corrected chi connectivity index (χ0v) is 14.1. The second-order valence-electron chi connectivity index (χ2n) is 6.76. The van der Waals surface area contributed by atoms with E-state index in [9.17, 15) is 14.4 Å². The number of hydrogen-bond acceptors (Lipinski definition) is 4. The Bertz CT molecular complexity index is 439. The monoisotopic (exact) mass is 324 g/mol. The van der Waals surface area contributed by atoms with Crippen molar-refractivity contribution in [2.45, 2.75) is 45.6 Å². The quantitative estimate of drug-likeness (QED) is 0.791. The third-order valence-electron chi connectivity index (χ3n) is 4.49. The molecule has 7 heteroatoms. The molecule has 0 aromatic heterocycles. The molecule has 130 valence electrons. The Balaban J connectivity index is 1.66. The lowest BCUT2D eigenvalue weighted by atomic mass is 10.1. The average molecular weight is 324 g/mol. The number of piperazine rings is 1. The summed E-state index contributed by atoms with van der Waals surface area (Å²) < 4.78 is 0. The number of urea groups is 1. The minimum absolute atomic E-state index is 0.00383. The van der Waals surface area contributed by atoms with Gasteiger partial charge in [0.1, 0.15) is 0 Å². The summed E-state index contributed by atoms with van der Waals surface area (Å²) in [6.07, 6.45) is 4.26. The summed E-state index contributed by atoms with van der Waals surface area (Å²) in [4.78, 5) is 39.4. The van der Waals surface area contributed by atoms with Gasteiger partial charge in [-0.25, -0.2) is 4.79 Å². The van der Waals surface area contributed by atoms with Gasteiger partial charge in [-0.3, -0.25) is 19.8 Å². The van der Waals surface area contributed by atoms with Crippen LogP contribution in [-0.2, 0) is 9.59 Å². The highest BCUT2D eigenvalue weighted by Gasteiger charge is 2.24. The highest BCUT2D eigenvalue weighted by atomic mass is 16.2. The van der Waals surface area contributed by atoms with Gasteiger partial charge in [-0.2, -0.15) is 0 Å². The van der Waals surface area contributed by atoms with E-state index in [1.807, 2.05) is 23.6 Å². The summed E-state index contributed by atoms with van der Waals surface area (Å²) in [6.45, 7) is 6.58. The molecular formula is C16H28N4O3. The Labute approximate surface area is 137 Å². The topological polar surface area (TPSA) is 81.8 Å². The van der Waals surface area contributed by atoms with Crippen LogP contribution in [0, 0.1) is 5.92 Å². The van der Waals surface area contributed by atoms with Gasteiger partial charge in [0, 0.05) is 38.1 Å². The van der Waals surface area contributed by atoms with Gasteiger partial charge < -0.3 is 10.2 Å². The van der Waals surface area contributed by atoms with E-state index in [2.05, 4.69) is 10.6 Å². The molecule has 2 aliphatic rings. The van der Waals surface area contributed by atoms with E-state index in [0.29, 0.717) is 26.2 Å². The second-order valence-corrected chi connectivity index (χ2v) is 6.76. The van der Waals surface area contributed by atoms with Crippen LogP contribution in [0.25, 0.3) is 0 Å². The van der Waals surface area contributed by atoms with Gasteiger partial charge in [-0.05, 0) is 12.8 Å². The Morgan fingerprint density at radius 1 is 1.04 bits per heavy atom. The molecule has 2 rings (SSSR count). The van der Waals surface area contributed by atoms with E-state index >= 15 is 0 Å². The first-order chi connectivity index (χ1) is 11.0. The van der Waals surface area contributed by atoms with Crippen LogP contribution in [0.4, 0.5) is 4.79 Å². The summed E-state index contributed by atoms with van der Waals surface area (Å²) >= 11 is 0. The largest absolute Gasteiger partial charge is 0.340 e. The third kappa shape index (κ3) is 5.49. The Morgan fingerprint density at radius 3 is 2.22 bits per heavy atom. The van der Waals surface area contributed by atoms with Gasteiger partial charge in [-0.1, -0.05) is 26.7 Å². The Morgan fingerprint density at radius 2 is 1.65 bits per heavy atom. The van der Waals surface area contributed by atoms with Crippen LogP contribution in [0.3, 0.4) is 0 Å². The van der Waals surface area contributed by atoms with Gasteiger partial charge in [0.05, 0.1) is 6.54 Å². The maximum Gasteiger partial charge on any atom is 0.321 e. The first kappa shape index (κ1) is 17.7. The minimum Gasteiger partial charge on any atom is -0.340 e. The van der Waals surface area contributed by atoms with Crippen molar-refractivity contribution in [1.29, 1.82) is 0 Å². The molecule has 0 unspecified atom stereocenters. The predicted molar refractivity (Wildman–Crippen MR) is 86.8 cm³/mol. The van der Waals surface area contributed by atoms with Crippen LogP contribution in [0.15, 0.2) is 0 Å². The van der Waals surface area contributed by atoms with E-state index in [4.69, 9.17) is 0 Å². The number of carbonyl (C=O) groups excluding carboxylic acids is 3. The second kappa shape index (κ2) is 8.29. The van der Waals surface area contributed by atoms with Crippen molar-refractivity contribution in [2.24, 2.45) is 5.92 Å². The highest BCUT2D eigenvalue weighted by Crippen LogP contribution is 2.17. The van der Waals surface area contributed by atoms with E-state index in [-0.39, 0.29) is 30.3 Å². The maximum atomic E-state index is 11.9. The number of nitrogens with one attached hydrogen (secondary N) is 2. The minimum atomic E-state index is -0.393. The van der Waals surface area contributed by atoms with Crippen LogP contribution in [0.2, 0.25) is 0 Å². The van der Waals surface area contributed by atoms with Gasteiger partial charge in [-0.15, -0.1) is 0 Å². The third-order valence-corrected chi connectivity index (χ3v) is 4.49. The predicted octanol–water partition coefficient (Wildman–Crippen LogP) is 0.555. The molecule has 2 N–H and O–H groups in total. The number of carbonyl (C=O) groups is 3. The fourth-order valence-corrected chi connectivity index (χ4v) is 3.15. The van der Waals surface area contributed by atoms with E-state index < -0.39 is 6.03 Å². The molecule has 23 heavy (non-hydrogen) atoms. The van der Waals surface area contributed by atoms with Crippen LogP contribution < -0.4 is 10.6 Å². The van der Waals surface area contributed by atoms with Gasteiger partial charge in [0.25, 0.3) is 0 Å². The molecular weight excluding hydrogens is 296 g/mol. The average Bonchev–Trinajstić information content (AvgIpc) is 2.99. The van der Waals surface area contributed by atoms with Gasteiger partial charge in [0.2, 0.25) is 11.8 Å². The van der Waals surface area contributed by atoms with Crippen LogP contribution in [0.1, 0.15) is 39.5 Å². The zero-order valence-electron chi connectivity index (χ0n) is 14.1. The zero-order chi connectivity index (χ0) is 16.8. The fraction of sp³-hybridized carbons (Fsp3) is 0.812. The molecule has 0 aromatic rings. The lowest BCUT2D eigenvalue weighted by molar-refractivity contribution is -0.136. The molecule has 1 heterocycles. The summed E-state index contributed by atoms with van der Waals surface area (Å²) in [5.41, 5.74) is 0. The van der Waals surface area contributed by atoms with Crippen LogP contribution in [-0.4, -0.2) is 66.4 Å². The van der Waals surface area contributed by atoms with E-state index in [0.717, 1.165) is 25.7 Å². The first-order valence-corrected chi connectivity index (χ1v) is 8.57. The summed E-state index contributed by atoms with van der Waals surface area (Å²) in [5, 5.41) is 5.23. The fourth-order valence-electron chi connectivity index (χ4n) is 3.15. The van der Waals surface area contributed by atoms with Crippen molar-refractivity contribution >= 4 is 17.8 Å². The molecule has 0 spiro atoms. The lowest BCUT2D eigenvalue weighted by Crippen LogP contribution is -2.53. The number of rotatable bonds is 4. The molecule has 1 saturated heterocycles. The van der Waals surface area contributed by atoms with Gasteiger partial charge >= 0.3 is 6.03 Å². The van der Waals surface area contributed by atoms with Crippen molar-refractivity contribution in [1.82, 2.24) is 20.4 Å². The van der Waals surface area contributed by atoms with Crippen molar-refractivity contribution < 1.29 is 14.4 Å². The van der Waals surface area contributed by atoms with Crippen LogP contribution in [0.5, 0.6) is 0 Å². The standard InChI is InChI=1S/C16H28N4O3/c1-12(2)15(22)20-9-7-19(8-10-20)11-14(21)18-16(23)17-13-5-3-4-6-13/h12-13H,3-11H2,1-2H3,(H2,17,18,21,23). The molecule has 0 bridgehead atoms. The Kier molecular flexibility index (Phi) is 6.38. The van der Waals surface area contributed by atoms with E-state index in [1.54, 1.807) is 0 Å². The van der Waals surface area contributed by atoms with Gasteiger partial charge in [0.15, 0.2) is 0 Å². The molecule has 1 aliphatic carbocycles. The van der Waals surface area contributed by atoms with Crippen molar-refractivity contribution in [3.8, 4) is 0 Å². The summed E-state index contributed by atoms with van der Waals surface area (Å²) in [5.74, 6) is -0.127. The molecule has 1 saturated carbocycles. The van der Waals surface area contributed by atoms with E-state index in [1.165, 1.54) is 0 Å².